The predicted molar refractivity (Wildman–Crippen MR) is 79.2 cm³/mol. The normalized spacial score (nSPS) is 18.2. The molecule has 0 heterocycles. The SMILES string of the molecule is CC(N)CC(C)Cc1cc2c(cc1Cl)CCCC2. The minimum atomic E-state index is 0.274. The Hall–Kier alpha value is -0.530. The van der Waals surface area contributed by atoms with Crippen LogP contribution in [0.3, 0.4) is 0 Å². The summed E-state index contributed by atoms with van der Waals surface area (Å²) >= 11 is 6.41. The van der Waals surface area contributed by atoms with Gasteiger partial charge in [-0.2, -0.15) is 0 Å². The maximum absolute atomic E-state index is 6.41. The van der Waals surface area contributed by atoms with Crippen LogP contribution in [0, 0.1) is 5.92 Å². The van der Waals surface area contributed by atoms with Crippen molar-refractivity contribution in [2.24, 2.45) is 11.7 Å². The van der Waals surface area contributed by atoms with E-state index in [1.165, 1.54) is 42.4 Å². The molecule has 1 aliphatic rings. The summed E-state index contributed by atoms with van der Waals surface area (Å²) in [5, 5.41) is 0.951. The van der Waals surface area contributed by atoms with E-state index in [1.807, 2.05) is 0 Å². The Balaban J connectivity index is 2.13. The first-order valence-electron chi connectivity index (χ1n) is 7.12. The molecule has 2 N–H and O–H groups in total. The van der Waals surface area contributed by atoms with Crippen molar-refractivity contribution in [1.82, 2.24) is 0 Å². The van der Waals surface area contributed by atoms with E-state index in [0.29, 0.717) is 5.92 Å². The molecule has 0 fully saturated rings. The lowest BCUT2D eigenvalue weighted by molar-refractivity contribution is 0.479. The molecule has 1 aliphatic carbocycles. The van der Waals surface area contributed by atoms with Crippen molar-refractivity contribution in [2.45, 2.75) is 58.4 Å². The van der Waals surface area contributed by atoms with E-state index in [4.69, 9.17) is 17.3 Å². The highest BCUT2D eigenvalue weighted by Gasteiger charge is 2.14. The Morgan fingerprint density at radius 3 is 2.39 bits per heavy atom. The Morgan fingerprint density at radius 2 is 1.78 bits per heavy atom. The fourth-order valence-electron chi connectivity index (χ4n) is 3.06. The molecule has 100 valence electrons. The lowest BCUT2D eigenvalue weighted by Gasteiger charge is -2.20. The molecule has 0 saturated carbocycles. The minimum absolute atomic E-state index is 0.274. The second-order valence-electron chi connectivity index (χ2n) is 5.94. The van der Waals surface area contributed by atoms with Gasteiger partial charge in [0.15, 0.2) is 0 Å². The van der Waals surface area contributed by atoms with Crippen LogP contribution in [-0.2, 0) is 19.3 Å². The zero-order valence-corrected chi connectivity index (χ0v) is 12.3. The Morgan fingerprint density at radius 1 is 1.17 bits per heavy atom. The van der Waals surface area contributed by atoms with Crippen LogP contribution in [0.4, 0.5) is 0 Å². The quantitative estimate of drug-likeness (QED) is 0.870. The number of aryl methyl sites for hydroxylation is 2. The molecule has 0 aromatic heterocycles. The van der Waals surface area contributed by atoms with Crippen LogP contribution in [0.15, 0.2) is 12.1 Å². The lowest BCUT2D eigenvalue weighted by Crippen LogP contribution is -2.19. The Labute approximate surface area is 116 Å². The highest BCUT2D eigenvalue weighted by Crippen LogP contribution is 2.29. The zero-order valence-electron chi connectivity index (χ0n) is 11.5. The fourth-order valence-corrected chi connectivity index (χ4v) is 3.32. The Kier molecular flexibility index (Phi) is 4.69. The van der Waals surface area contributed by atoms with Crippen LogP contribution in [0.5, 0.6) is 0 Å². The second-order valence-corrected chi connectivity index (χ2v) is 6.35. The summed E-state index contributed by atoms with van der Waals surface area (Å²) in [6.07, 6.45) is 7.17. The van der Waals surface area contributed by atoms with Crippen molar-refractivity contribution in [3.05, 3.63) is 33.8 Å². The summed E-state index contributed by atoms with van der Waals surface area (Å²) in [6.45, 7) is 4.34. The summed E-state index contributed by atoms with van der Waals surface area (Å²) in [5.41, 5.74) is 10.2. The third kappa shape index (κ3) is 3.49. The molecular weight excluding hydrogens is 242 g/mol. The van der Waals surface area contributed by atoms with Gasteiger partial charge >= 0.3 is 0 Å². The van der Waals surface area contributed by atoms with Gasteiger partial charge in [0.2, 0.25) is 0 Å². The zero-order chi connectivity index (χ0) is 13.1. The van der Waals surface area contributed by atoms with Crippen molar-refractivity contribution in [3.63, 3.8) is 0 Å². The van der Waals surface area contributed by atoms with Crippen LogP contribution >= 0.6 is 11.6 Å². The Bertz CT molecular complexity index is 412. The maximum Gasteiger partial charge on any atom is 0.0441 e. The maximum atomic E-state index is 6.41. The summed E-state index contributed by atoms with van der Waals surface area (Å²) in [5.74, 6) is 0.601. The van der Waals surface area contributed by atoms with E-state index in [9.17, 15) is 0 Å². The summed E-state index contributed by atoms with van der Waals surface area (Å²) in [7, 11) is 0. The third-order valence-corrected chi connectivity index (χ3v) is 4.21. The lowest BCUT2D eigenvalue weighted by atomic mass is 9.87. The van der Waals surface area contributed by atoms with E-state index >= 15 is 0 Å². The van der Waals surface area contributed by atoms with Crippen molar-refractivity contribution in [3.8, 4) is 0 Å². The topological polar surface area (TPSA) is 26.0 Å². The molecule has 1 aromatic rings. The van der Waals surface area contributed by atoms with E-state index in [2.05, 4.69) is 26.0 Å². The van der Waals surface area contributed by atoms with Gasteiger partial charge in [0.25, 0.3) is 0 Å². The third-order valence-electron chi connectivity index (χ3n) is 3.85. The highest BCUT2D eigenvalue weighted by molar-refractivity contribution is 6.31. The van der Waals surface area contributed by atoms with Gasteiger partial charge in [-0.05, 0) is 74.1 Å². The minimum Gasteiger partial charge on any atom is -0.328 e. The largest absolute Gasteiger partial charge is 0.328 e. The molecule has 0 spiro atoms. The van der Waals surface area contributed by atoms with Crippen LogP contribution in [0.2, 0.25) is 5.02 Å². The second kappa shape index (κ2) is 6.08. The molecule has 0 saturated heterocycles. The number of hydrogen-bond donors (Lipinski definition) is 1. The first kappa shape index (κ1) is 13.9. The summed E-state index contributed by atoms with van der Waals surface area (Å²) < 4.78 is 0. The molecule has 2 unspecified atom stereocenters. The van der Waals surface area contributed by atoms with Gasteiger partial charge in [-0.25, -0.2) is 0 Å². The number of rotatable bonds is 4. The molecule has 1 nitrogen and oxygen atoms in total. The molecule has 0 radical (unpaired) electrons. The average Bonchev–Trinajstić information content (AvgIpc) is 2.29. The highest BCUT2D eigenvalue weighted by atomic mass is 35.5. The first-order valence-corrected chi connectivity index (χ1v) is 7.50. The smallest absolute Gasteiger partial charge is 0.0441 e. The van der Waals surface area contributed by atoms with E-state index in [0.717, 1.165) is 17.9 Å². The van der Waals surface area contributed by atoms with Crippen LogP contribution in [0.25, 0.3) is 0 Å². The monoisotopic (exact) mass is 265 g/mol. The number of nitrogens with two attached hydrogens (primary N) is 1. The molecular formula is C16H24ClN. The number of hydrogen-bond acceptors (Lipinski definition) is 1. The summed E-state index contributed by atoms with van der Waals surface area (Å²) in [6, 6.07) is 4.81. The van der Waals surface area contributed by atoms with Crippen molar-refractivity contribution >= 4 is 11.6 Å². The van der Waals surface area contributed by atoms with Crippen molar-refractivity contribution in [2.75, 3.05) is 0 Å². The molecule has 2 rings (SSSR count). The van der Waals surface area contributed by atoms with Crippen LogP contribution in [0.1, 0.15) is 49.8 Å². The van der Waals surface area contributed by atoms with Gasteiger partial charge in [0.05, 0.1) is 0 Å². The van der Waals surface area contributed by atoms with Gasteiger partial charge < -0.3 is 5.73 Å². The average molecular weight is 266 g/mol. The van der Waals surface area contributed by atoms with Gasteiger partial charge in [0, 0.05) is 11.1 Å². The molecule has 2 heteroatoms. The van der Waals surface area contributed by atoms with Gasteiger partial charge in [-0.15, -0.1) is 0 Å². The molecule has 2 atom stereocenters. The number of halogens is 1. The van der Waals surface area contributed by atoms with E-state index in [1.54, 1.807) is 0 Å². The van der Waals surface area contributed by atoms with Crippen LogP contribution in [-0.4, -0.2) is 6.04 Å². The molecule has 18 heavy (non-hydrogen) atoms. The van der Waals surface area contributed by atoms with Crippen molar-refractivity contribution in [1.29, 1.82) is 0 Å². The van der Waals surface area contributed by atoms with Gasteiger partial charge in [-0.1, -0.05) is 24.6 Å². The van der Waals surface area contributed by atoms with E-state index in [-0.39, 0.29) is 6.04 Å². The standard InChI is InChI=1S/C16H24ClN/c1-11(7-12(2)18)8-15-9-13-5-3-4-6-14(13)10-16(15)17/h9-12H,3-8,18H2,1-2H3. The summed E-state index contributed by atoms with van der Waals surface area (Å²) in [4.78, 5) is 0. The number of benzene rings is 1. The molecule has 0 amide bonds. The predicted octanol–water partition coefficient (Wildman–Crippen LogP) is 4.13. The fraction of sp³-hybridized carbons (Fsp3) is 0.625. The molecule has 0 aliphatic heterocycles. The molecule has 0 bridgehead atoms. The van der Waals surface area contributed by atoms with E-state index < -0.39 is 0 Å². The first-order chi connectivity index (χ1) is 8.56. The molecule has 1 aromatic carbocycles. The number of fused-ring (bicyclic) bond motifs is 1. The van der Waals surface area contributed by atoms with Crippen molar-refractivity contribution < 1.29 is 0 Å². The van der Waals surface area contributed by atoms with Gasteiger partial charge in [-0.3, -0.25) is 0 Å². The van der Waals surface area contributed by atoms with Gasteiger partial charge in [0.1, 0.15) is 0 Å². The van der Waals surface area contributed by atoms with Crippen LogP contribution < -0.4 is 5.73 Å².